The van der Waals surface area contributed by atoms with E-state index in [1.807, 2.05) is 18.2 Å². The summed E-state index contributed by atoms with van der Waals surface area (Å²) in [5.41, 5.74) is 3.06. The molecule has 0 radical (unpaired) electrons. The number of benzene rings is 1. The van der Waals surface area contributed by atoms with Crippen molar-refractivity contribution in [3.63, 3.8) is 0 Å². The minimum absolute atomic E-state index is 0.285. The Labute approximate surface area is 106 Å². The molecule has 4 heteroatoms. The first-order valence-corrected chi connectivity index (χ1v) is 6.00. The molecule has 0 amide bonds. The van der Waals surface area contributed by atoms with E-state index < -0.39 is 0 Å². The van der Waals surface area contributed by atoms with Crippen molar-refractivity contribution in [2.45, 2.75) is 39.3 Å². The van der Waals surface area contributed by atoms with Crippen LogP contribution in [-0.2, 0) is 29.1 Å². The van der Waals surface area contributed by atoms with Crippen molar-refractivity contribution >= 4 is 12.2 Å². The third kappa shape index (κ3) is 4.10. The van der Waals surface area contributed by atoms with Gasteiger partial charge in [-0.15, -0.1) is 0 Å². The van der Waals surface area contributed by atoms with Gasteiger partial charge in [0.25, 0.3) is 0 Å². The fraction of sp³-hybridized carbons (Fsp3) is 0.429. The summed E-state index contributed by atoms with van der Waals surface area (Å²) in [4.78, 5) is 27.7. The molecule has 18 heavy (non-hydrogen) atoms. The van der Waals surface area contributed by atoms with Crippen LogP contribution in [0.4, 0.5) is 0 Å². The van der Waals surface area contributed by atoms with Crippen LogP contribution >= 0.6 is 0 Å². The first-order chi connectivity index (χ1) is 8.83. The highest BCUT2D eigenvalue weighted by Gasteiger charge is 2.07. The highest BCUT2D eigenvalue weighted by molar-refractivity contribution is 5.40. The van der Waals surface area contributed by atoms with Crippen LogP contribution in [0.1, 0.15) is 36.5 Å². The molecule has 0 bridgehead atoms. The molecule has 0 aliphatic carbocycles. The average molecular weight is 244 g/mol. The van der Waals surface area contributed by atoms with Crippen LogP contribution in [0.15, 0.2) is 28.2 Å². The van der Waals surface area contributed by atoms with E-state index in [0.29, 0.717) is 6.54 Å². The fourth-order valence-electron chi connectivity index (χ4n) is 1.87. The Morgan fingerprint density at radius 3 is 2.39 bits per heavy atom. The molecule has 0 fully saturated rings. The van der Waals surface area contributed by atoms with E-state index in [4.69, 9.17) is 0 Å². The second-order valence-electron chi connectivity index (χ2n) is 3.97. The van der Waals surface area contributed by atoms with E-state index in [2.05, 4.69) is 16.9 Å². The van der Waals surface area contributed by atoms with Crippen LogP contribution in [0.25, 0.3) is 0 Å². The van der Waals surface area contributed by atoms with Gasteiger partial charge in [-0.25, -0.2) is 19.6 Å². The Morgan fingerprint density at radius 2 is 1.72 bits per heavy atom. The third-order valence-electron chi connectivity index (χ3n) is 2.79. The van der Waals surface area contributed by atoms with Crippen molar-refractivity contribution in [1.82, 2.24) is 0 Å². The first-order valence-electron chi connectivity index (χ1n) is 6.00. The van der Waals surface area contributed by atoms with Crippen molar-refractivity contribution in [3.05, 3.63) is 34.9 Å². The molecule has 1 aromatic carbocycles. The number of hydrogen-bond donors (Lipinski definition) is 0. The largest absolute Gasteiger partial charge is 0.235 e. The van der Waals surface area contributed by atoms with Gasteiger partial charge in [0.05, 0.1) is 13.1 Å². The summed E-state index contributed by atoms with van der Waals surface area (Å²) in [7, 11) is 0. The van der Waals surface area contributed by atoms with Crippen LogP contribution < -0.4 is 0 Å². The topological polar surface area (TPSA) is 58.9 Å². The summed E-state index contributed by atoms with van der Waals surface area (Å²) in [6.07, 6.45) is 6.21. The maximum atomic E-state index is 10.3. The van der Waals surface area contributed by atoms with E-state index in [9.17, 15) is 9.59 Å². The van der Waals surface area contributed by atoms with Gasteiger partial charge in [0, 0.05) is 0 Å². The van der Waals surface area contributed by atoms with Gasteiger partial charge in [-0.2, -0.15) is 0 Å². The molecule has 0 spiro atoms. The molecule has 0 saturated carbocycles. The first kappa shape index (κ1) is 14.0. The maximum Gasteiger partial charge on any atom is 0.235 e. The van der Waals surface area contributed by atoms with Crippen molar-refractivity contribution in [2.75, 3.05) is 0 Å². The number of unbranched alkanes of at least 4 members (excludes halogenated alkanes) is 1. The monoisotopic (exact) mass is 244 g/mol. The van der Waals surface area contributed by atoms with Crippen molar-refractivity contribution in [3.8, 4) is 0 Å². The minimum Gasteiger partial charge on any atom is -0.211 e. The Morgan fingerprint density at radius 1 is 1.06 bits per heavy atom. The molecule has 0 N–H and O–H groups in total. The number of rotatable bonds is 7. The van der Waals surface area contributed by atoms with E-state index >= 15 is 0 Å². The minimum atomic E-state index is 0.285. The second kappa shape index (κ2) is 8.13. The molecule has 0 saturated heterocycles. The van der Waals surface area contributed by atoms with Crippen LogP contribution in [0, 0.1) is 0 Å². The molecule has 4 nitrogen and oxygen atoms in total. The molecule has 0 aliphatic heterocycles. The molecule has 0 heterocycles. The molecular weight excluding hydrogens is 228 g/mol. The van der Waals surface area contributed by atoms with Gasteiger partial charge in [0.2, 0.25) is 12.2 Å². The predicted octanol–water partition coefficient (Wildman–Crippen LogP) is 2.70. The fourth-order valence-corrected chi connectivity index (χ4v) is 1.87. The van der Waals surface area contributed by atoms with E-state index in [-0.39, 0.29) is 6.54 Å². The van der Waals surface area contributed by atoms with Crippen LogP contribution in [-0.4, -0.2) is 12.2 Å². The van der Waals surface area contributed by atoms with Crippen molar-refractivity contribution < 1.29 is 9.59 Å². The molecule has 0 atom stereocenters. The highest BCUT2D eigenvalue weighted by Crippen LogP contribution is 2.19. The Balaban J connectivity index is 3.06. The lowest BCUT2D eigenvalue weighted by Gasteiger charge is -2.11. The molecule has 1 rings (SSSR count). The molecular formula is C14H16N2O2. The quantitative estimate of drug-likeness (QED) is 0.547. The zero-order valence-electron chi connectivity index (χ0n) is 10.5. The number of hydrogen-bond acceptors (Lipinski definition) is 4. The Bertz CT molecular complexity index is 485. The summed E-state index contributed by atoms with van der Waals surface area (Å²) in [5.74, 6) is 0. The molecule has 0 aliphatic rings. The molecule has 94 valence electrons. The van der Waals surface area contributed by atoms with Gasteiger partial charge in [-0.1, -0.05) is 31.5 Å². The average Bonchev–Trinajstić information content (AvgIpc) is 2.41. The van der Waals surface area contributed by atoms with Gasteiger partial charge >= 0.3 is 0 Å². The zero-order chi connectivity index (χ0) is 13.2. The zero-order valence-corrected chi connectivity index (χ0v) is 10.5. The summed E-state index contributed by atoms with van der Waals surface area (Å²) >= 11 is 0. The summed E-state index contributed by atoms with van der Waals surface area (Å²) < 4.78 is 0. The second-order valence-corrected chi connectivity index (χ2v) is 3.97. The lowest BCUT2D eigenvalue weighted by Crippen LogP contribution is -1.99. The number of isocyanates is 2. The highest BCUT2D eigenvalue weighted by atomic mass is 16.1. The van der Waals surface area contributed by atoms with Crippen molar-refractivity contribution in [2.24, 2.45) is 9.98 Å². The molecule has 0 aromatic heterocycles. The lowest BCUT2D eigenvalue weighted by molar-refractivity contribution is 0.561. The smallest absolute Gasteiger partial charge is 0.211 e. The van der Waals surface area contributed by atoms with Gasteiger partial charge < -0.3 is 0 Å². The van der Waals surface area contributed by atoms with Crippen LogP contribution in [0.5, 0.6) is 0 Å². The van der Waals surface area contributed by atoms with Gasteiger partial charge in [-0.3, -0.25) is 0 Å². The lowest BCUT2D eigenvalue weighted by atomic mass is 9.97. The summed E-state index contributed by atoms with van der Waals surface area (Å²) in [6, 6.07) is 5.86. The van der Waals surface area contributed by atoms with Gasteiger partial charge in [-0.05, 0) is 29.5 Å². The maximum absolute atomic E-state index is 10.3. The number of nitrogens with zero attached hydrogens (tertiary/aromatic N) is 2. The summed E-state index contributed by atoms with van der Waals surface area (Å²) in [5, 5.41) is 0. The van der Waals surface area contributed by atoms with Crippen LogP contribution in [0.2, 0.25) is 0 Å². The Hall–Kier alpha value is -2.02. The normalized spacial score (nSPS) is 9.39. The van der Waals surface area contributed by atoms with E-state index in [1.165, 1.54) is 6.08 Å². The number of aliphatic imine (C=N–C) groups is 2. The number of carbonyl (C=O) groups excluding carboxylic acids is 2. The van der Waals surface area contributed by atoms with Crippen molar-refractivity contribution in [1.29, 1.82) is 0 Å². The summed E-state index contributed by atoms with van der Waals surface area (Å²) in [6.45, 7) is 2.71. The van der Waals surface area contributed by atoms with Gasteiger partial charge in [0.1, 0.15) is 0 Å². The third-order valence-corrected chi connectivity index (χ3v) is 2.79. The van der Waals surface area contributed by atoms with Gasteiger partial charge in [0.15, 0.2) is 0 Å². The van der Waals surface area contributed by atoms with E-state index in [1.54, 1.807) is 6.08 Å². The predicted molar refractivity (Wildman–Crippen MR) is 68.7 cm³/mol. The van der Waals surface area contributed by atoms with Crippen LogP contribution in [0.3, 0.4) is 0 Å². The SMILES string of the molecule is CCCCc1cccc(CN=C=O)c1CN=C=O. The number of aryl methyl sites for hydroxylation is 1. The Kier molecular flexibility index (Phi) is 6.34. The van der Waals surface area contributed by atoms with E-state index in [0.717, 1.165) is 36.0 Å². The molecule has 0 unspecified atom stereocenters. The standard InChI is InChI=1S/C14H16N2O2/c1-2-3-5-12-6-4-7-13(8-15-10-17)14(12)9-16-11-18/h4,6-7H,2-3,5,8-9H2,1H3. The molecule has 1 aromatic rings.